The van der Waals surface area contributed by atoms with Crippen LogP contribution in [-0.4, -0.2) is 0 Å². The molecule has 20 heavy (non-hydrogen) atoms. The normalized spacial score (nSPS) is 19.6. The molecule has 1 N–H and O–H groups in total. The molecule has 2 rings (SSSR count). The second-order valence-corrected chi connectivity index (χ2v) is 5.21. The summed E-state index contributed by atoms with van der Waals surface area (Å²) in [5, 5.41) is 3.61. The fraction of sp³-hybridized carbons (Fsp3) is 0.368. The smallest absolute Gasteiger partial charge is 0.0376 e. The zero-order valence-electron chi connectivity index (χ0n) is 12.4. The van der Waals surface area contributed by atoms with E-state index in [1.807, 2.05) is 13.0 Å². The molecule has 1 unspecified atom stereocenters. The van der Waals surface area contributed by atoms with Gasteiger partial charge in [0.15, 0.2) is 0 Å². The van der Waals surface area contributed by atoms with Gasteiger partial charge in [-0.05, 0) is 62.3 Å². The molecule has 0 aromatic heterocycles. The quantitative estimate of drug-likeness (QED) is 0.731. The van der Waals surface area contributed by atoms with Crippen LogP contribution in [0.2, 0.25) is 0 Å². The molecule has 1 nitrogen and oxygen atoms in total. The highest BCUT2D eigenvalue weighted by molar-refractivity contribution is 5.35. The van der Waals surface area contributed by atoms with Gasteiger partial charge in [0.2, 0.25) is 0 Å². The summed E-state index contributed by atoms with van der Waals surface area (Å²) in [6.45, 7) is 4.12. The van der Waals surface area contributed by atoms with Crippen LogP contribution >= 0.6 is 0 Å². The molecule has 0 aromatic carbocycles. The zero-order valence-corrected chi connectivity index (χ0v) is 12.4. The van der Waals surface area contributed by atoms with Crippen molar-refractivity contribution in [2.24, 2.45) is 5.92 Å². The van der Waals surface area contributed by atoms with Crippen molar-refractivity contribution < 1.29 is 0 Å². The minimum absolute atomic E-state index is 0.433. The van der Waals surface area contributed by atoms with Crippen LogP contribution in [0.15, 0.2) is 59.5 Å². The summed E-state index contributed by atoms with van der Waals surface area (Å²) < 4.78 is 0. The lowest BCUT2D eigenvalue weighted by atomic mass is 9.90. The largest absolute Gasteiger partial charge is 0.359 e. The maximum absolute atomic E-state index is 3.61. The van der Waals surface area contributed by atoms with Gasteiger partial charge < -0.3 is 5.32 Å². The molecule has 0 radical (unpaired) electrons. The van der Waals surface area contributed by atoms with E-state index in [0.29, 0.717) is 5.92 Å². The number of nitrogens with one attached hydrogen (secondary N) is 1. The SMILES string of the molecule is CC#C/C=C\C(C)C1=C(NC2=CC=CCC2)C=CCC1. The van der Waals surface area contributed by atoms with E-state index in [-0.39, 0.29) is 0 Å². The van der Waals surface area contributed by atoms with Crippen molar-refractivity contribution in [1.29, 1.82) is 0 Å². The average molecular weight is 265 g/mol. The van der Waals surface area contributed by atoms with Gasteiger partial charge in [-0.2, -0.15) is 0 Å². The third-order valence-corrected chi connectivity index (χ3v) is 3.68. The summed E-state index contributed by atoms with van der Waals surface area (Å²) in [4.78, 5) is 0. The maximum atomic E-state index is 3.61. The maximum Gasteiger partial charge on any atom is 0.0376 e. The Kier molecular flexibility index (Phi) is 5.50. The van der Waals surface area contributed by atoms with Crippen molar-refractivity contribution >= 4 is 0 Å². The molecule has 0 fully saturated rings. The Labute approximate surface area is 122 Å². The summed E-state index contributed by atoms with van der Waals surface area (Å²) in [6.07, 6.45) is 19.7. The standard InChI is InChI=1S/C19H23N/c1-3-4-6-11-16(2)18-14-9-10-15-19(18)20-17-12-7-5-8-13-17/h5-7,10-12,15-16,20H,8-9,13-14H2,1-2H3/b11-6-. The minimum atomic E-state index is 0.433. The molecule has 0 saturated heterocycles. The highest BCUT2D eigenvalue weighted by atomic mass is 14.9. The number of hydrogen-bond acceptors (Lipinski definition) is 1. The van der Waals surface area contributed by atoms with Crippen LogP contribution in [0, 0.1) is 17.8 Å². The monoisotopic (exact) mass is 265 g/mol. The summed E-state index contributed by atoms with van der Waals surface area (Å²) in [5.41, 5.74) is 4.08. The van der Waals surface area contributed by atoms with Gasteiger partial charge in [-0.25, -0.2) is 0 Å². The van der Waals surface area contributed by atoms with Gasteiger partial charge in [-0.1, -0.05) is 37.1 Å². The molecule has 0 aliphatic heterocycles. The van der Waals surface area contributed by atoms with Crippen LogP contribution in [0.1, 0.15) is 39.5 Å². The predicted octanol–water partition coefficient (Wildman–Crippen LogP) is 4.63. The first kappa shape index (κ1) is 14.5. The molecular weight excluding hydrogens is 242 g/mol. The van der Waals surface area contributed by atoms with E-state index >= 15 is 0 Å². The molecular formula is C19H23N. The molecule has 1 heteroatoms. The molecule has 2 aliphatic rings. The van der Waals surface area contributed by atoms with Crippen molar-refractivity contribution in [3.05, 3.63) is 59.5 Å². The lowest BCUT2D eigenvalue weighted by Gasteiger charge is -2.22. The molecule has 0 aromatic rings. The van der Waals surface area contributed by atoms with Gasteiger partial charge >= 0.3 is 0 Å². The van der Waals surface area contributed by atoms with E-state index in [2.05, 4.69) is 60.5 Å². The number of rotatable bonds is 4. The lowest BCUT2D eigenvalue weighted by molar-refractivity contribution is 0.729. The van der Waals surface area contributed by atoms with Crippen molar-refractivity contribution in [3.63, 3.8) is 0 Å². The van der Waals surface area contributed by atoms with Crippen LogP contribution in [0.3, 0.4) is 0 Å². The van der Waals surface area contributed by atoms with Gasteiger partial charge in [-0.15, -0.1) is 5.92 Å². The Morgan fingerprint density at radius 3 is 2.85 bits per heavy atom. The Bertz CT molecular complexity index is 544. The van der Waals surface area contributed by atoms with Gasteiger partial charge in [0.05, 0.1) is 0 Å². The first-order valence-corrected chi connectivity index (χ1v) is 7.42. The molecule has 1 atom stereocenters. The highest BCUT2D eigenvalue weighted by Crippen LogP contribution is 2.26. The van der Waals surface area contributed by atoms with Crippen LogP contribution in [-0.2, 0) is 0 Å². The van der Waals surface area contributed by atoms with Crippen LogP contribution < -0.4 is 5.32 Å². The summed E-state index contributed by atoms with van der Waals surface area (Å²) in [5.74, 6) is 6.34. The average Bonchev–Trinajstić information content (AvgIpc) is 2.49. The molecule has 104 valence electrons. The third kappa shape index (κ3) is 4.03. The summed E-state index contributed by atoms with van der Waals surface area (Å²) in [6, 6.07) is 0. The molecule has 0 heterocycles. The van der Waals surface area contributed by atoms with Crippen molar-refractivity contribution in [2.45, 2.75) is 39.5 Å². The second kappa shape index (κ2) is 7.60. The number of hydrogen-bond donors (Lipinski definition) is 1. The van der Waals surface area contributed by atoms with Crippen LogP contribution in [0.4, 0.5) is 0 Å². The van der Waals surface area contributed by atoms with Crippen molar-refractivity contribution in [3.8, 4) is 11.8 Å². The Balaban J connectivity index is 2.15. The molecule has 2 aliphatic carbocycles. The van der Waals surface area contributed by atoms with Gasteiger partial charge in [0.25, 0.3) is 0 Å². The first-order chi connectivity index (χ1) is 9.81. The molecule has 0 bridgehead atoms. The molecule has 0 saturated carbocycles. The fourth-order valence-corrected chi connectivity index (χ4v) is 2.55. The fourth-order valence-electron chi connectivity index (χ4n) is 2.55. The Morgan fingerprint density at radius 1 is 1.25 bits per heavy atom. The third-order valence-electron chi connectivity index (χ3n) is 3.68. The van der Waals surface area contributed by atoms with E-state index in [1.54, 1.807) is 0 Å². The number of allylic oxidation sites excluding steroid dienone is 9. The minimum Gasteiger partial charge on any atom is -0.359 e. The first-order valence-electron chi connectivity index (χ1n) is 7.42. The molecule has 0 amide bonds. The van der Waals surface area contributed by atoms with Gasteiger partial charge in [-0.3, -0.25) is 0 Å². The van der Waals surface area contributed by atoms with E-state index < -0.39 is 0 Å². The van der Waals surface area contributed by atoms with Gasteiger partial charge in [0, 0.05) is 11.4 Å². The summed E-state index contributed by atoms with van der Waals surface area (Å²) >= 11 is 0. The van der Waals surface area contributed by atoms with Crippen LogP contribution in [0.25, 0.3) is 0 Å². The van der Waals surface area contributed by atoms with Crippen molar-refractivity contribution in [1.82, 2.24) is 5.32 Å². The second-order valence-electron chi connectivity index (χ2n) is 5.21. The Morgan fingerprint density at radius 2 is 2.10 bits per heavy atom. The lowest BCUT2D eigenvalue weighted by Crippen LogP contribution is -2.18. The zero-order chi connectivity index (χ0) is 14.2. The highest BCUT2D eigenvalue weighted by Gasteiger charge is 2.14. The summed E-state index contributed by atoms with van der Waals surface area (Å²) in [7, 11) is 0. The predicted molar refractivity (Wildman–Crippen MR) is 86.7 cm³/mol. The topological polar surface area (TPSA) is 12.0 Å². The van der Waals surface area contributed by atoms with E-state index in [9.17, 15) is 0 Å². The van der Waals surface area contributed by atoms with E-state index in [1.165, 1.54) is 17.0 Å². The van der Waals surface area contributed by atoms with Gasteiger partial charge in [0.1, 0.15) is 0 Å². The molecule has 0 spiro atoms. The van der Waals surface area contributed by atoms with E-state index in [0.717, 1.165) is 25.7 Å². The van der Waals surface area contributed by atoms with Crippen molar-refractivity contribution in [2.75, 3.05) is 0 Å². The van der Waals surface area contributed by atoms with E-state index in [4.69, 9.17) is 0 Å². The van der Waals surface area contributed by atoms with Crippen LogP contribution in [0.5, 0.6) is 0 Å². The Hall–Kier alpha value is -1.94.